The molecular formula is C15H18N2O2S. The predicted molar refractivity (Wildman–Crippen MR) is 83.5 cm³/mol. The first-order valence-electron chi connectivity index (χ1n) is 6.51. The molecule has 4 nitrogen and oxygen atoms in total. The van der Waals surface area contributed by atoms with Crippen LogP contribution in [0, 0.1) is 0 Å². The Morgan fingerprint density at radius 1 is 1.45 bits per heavy atom. The van der Waals surface area contributed by atoms with E-state index in [1.54, 1.807) is 11.4 Å². The lowest BCUT2D eigenvalue weighted by atomic mass is 10.2. The number of hydrogen-bond acceptors (Lipinski definition) is 4. The highest BCUT2D eigenvalue weighted by Gasteiger charge is 2.11. The van der Waals surface area contributed by atoms with Crippen LogP contribution < -0.4 is 15.8 Å². The number of benzene rings is 1. The van der Waals surface area contributed by atoms with Gasteiger partial charge in [0.15, 0.2) is 0 Å². The van der Waals surface area contributed by atoms with Crippen molar-refractivity contribution in [3.05, 3.63) is 40.6 Å². The Hall–Kier alpha value is -2.01. The van der Waals surface area contributed by atoms with Gasteiger partial charge in [-0.1, -0.05) is 13.0 Å². The minimum Gasteiger partial charge on any atom is -0.491 e. The predicted octanol–water partition coefficient (Wildman–Crippen LogP) is 3.76. The minimum absolute atomic E-state index is 0.147. The normalized spacial score (nSPS) is 11.9. The summed E-state index contributed by atoms with van der Waals surface area (Å²) in [6.45, 7) is 4.08. The van der Waals surface area contributed by atoms with Crippen LogP contribution in [0.5, 0.6) is 5.75 Å². The number of carbonyl (C=O) groups excluding carboxylic acids is 1. The molecule has 1 amide bonds. The number of anilines is 2. The zero-order valence-electron chi connectivity index (χ0n) is 11.6. The molecule has 0 radical (unpaired) electrons. The van der Waals surface area contributed by atoms with E-state index in [-0.39, 0.29) is 12.0 Å². The first kappa shape index (κ1) is 14.4. The van der Waals surface area contributed by atoms with Gasteiger partial charge in [-0.2, -0.15) is 0 Å². The van der Waals surface area contributed by atoms with Gasteiger partial charge in [-0.05, 0) is 36.9 Å². The lowest BCUT2D eigenvalue weighted by molar-refractivity contribution is 0.103. The highest BCUT2D eigenvalue weighted by Crippen LogP contribution is 2.23. The zero-order valence-corrected chi connectivity index (χ0v) is 12.4. The Bertz CT molecular complexity index is 595. The van der Waals surface area contributed by atoms with Crippen molar-refractivity contribution in [2.45, 2.75) is 26.4 Å². The summed E-state index contributed by atoms with van der Waals surface area (Å²) in [5.74, 6) is 0.550. The van der Waals surface area contributed by atoms with Crippen molar-refractivity contribution >= 4 is 28.6 Å². The third-order valence-corrected chi connectivity index (χ3v) is 3.83. The molecule has 1 atom stereocenters. The van der Waals surface area contributed by atoms with Gasteiger partial charge in [0.2, 0.25) is 0 Å². The molecule has 1 unspecified atom stereocenters. The Morgan fingerprint density at radius 2 is 2.25 bits per heavy atom. The Morgan fingerprint density at radius 3 is 2.90 bits per heavy atom. The van der Waals surface area contributed by atoms with Crippen LogP contribution in [0.2, 0.25) is 0 Å². The van der Waals surface area contributed by atoms with E-state index in [9.17, 15) is 4.79 Å². The van der Waals surface area contributed by atoms with Crippen molar-refractivity contribution in [2.75, 3.05) is 11.1 Å². The van der Waals surface area contributed by atoms with Crippen molar-refractivity contribution < 1.29 is 9.53 Å². The summed E-state index contributed by atoms with van der Waals surface area (Å²) >= 11 is 1.33. The number of nitrogens with one attached hydrogen (secondary N) is 1. The molecule has 0 aliphatic heterocycles. The fraction of sp³-hybridized carbons (Fsp3) is 0.267. The third-order valence-electron chi connectivity index (χ3n) is 2.91. The van der Waals surface area contributed by atoms with Crippen molar-refractivity contribution in [3.63, 3.8) is 0 Å². The minimum atomic E-state index is -0.196. The maximum absolute atomic E-state index is 12.1. The monoisotopic (exact) mass is 290 g/mol. The Labute approximate surface area is 122 Å². The highest BCUT2D eigenvalue weighted by atomic mass is 32.1. The molecule has 0 bridgehead atoms. The van der Waals surface area contributed by atoms with Crippen LogP contribution in [0.15, 0.2) is 35.7 Å². The second-order valence-corrected chi connectivity index (χ2v) is 5.44. The largest absolute Gasteiger partial charge is 0.491 e. The van der Waals surface area contributed by atoms with Crippen LogP contribution >= 0.6 is 11.3 Å². The third kappa shape index (κ3) is 3.51. The Kier molecular flexibility index (Phi) is 4.63. The standard InChI is InChI=1S/C15H18N2O2S/c1-3-10(2)19-12-6-4-5-11(9-12)17-15(18)14-13(16)7-8-20-14/h4-10H,3,16H2,1-2H3,(H,17,18). The van der Waals surface area contributed by atoms with Gasteiger partial charge in [0, 0.05) is 11.8 Å². The van der Waals surface area contributed by atoms with Crippen LogP contribution in [0.3, 0.4) is 0 Å². The van der Waals surface area contributed by atoms with Crippen molar-refractivity contribution in [3.8, 4) is 5.75 Å². The van der Waals surface area contributed by atoms with E-state index in [2.05, 4.69) is 12.2 Å². The summed E-state index contributed by atoms with van der Waals surface area (Å²) in [6.07, 6.45) is 1.08. The first-order valence-corrected chi connectivity index (χ1v) is 7.39. The molecule has 5 heteroatoms. The summed E-state index contributed by atoms with van der Waals surface area (Å²) in [7, 11) is 0. The molecule has 0 aliphatic rings. The number of nitrogens with two attached hydrogens (primary N) is 1. The SMILES string of the molecule is CCC(C)Oc1cccc(NC(=O)c2sccc2N)c1. The van der Waals surface area contributed by atoms with Gasteiger partial charge in [-0.15, -0.1) is 11.3 Å². The van der Waals surface area contributed by atoms with E-state index in [1.807, 2.05) is 31.2 Å². The molecule has 1 aromatic carbocycles. The molecule has 0 saturated carbocycles. The van der Waals surface area contributed by atoms with Gasteiger partial charge >= 0.3 is 0 Å². The average Bonchev–Trinajstić information content (AvgIpc) is 2.85. The van der Waals surface area contributed by atoms with Crippen LogP contribution in [0.1, 0.15) is 29.9 Å². The van der Waals surface area contributed by atoms with Crippen LogP contribution in [-0.2, 0) is 0 Å². The average molecular weight is 290 g/mol. The van der Waals surface area contributed by atoms with Gasteiger partial charge in [0.05, 0.1) is 11.8 Å². The van der Waals surface area contributed by atoms with Gasteiger partial charge in [-0.25, -0.2) is 0 Å². The number of carbonyl (C=O) groups is 1. The first-order chi connectivity index (χ1) is 9.60. The van der Waals surface area contributed by atoms with E-state index in [0.29, 0.717) is 16.3 Å². The van der Waals surface area contributed by atoms with Crippen LogP contribution in [0.4, 0.5) is 11.4 Å². The quantitative estimate of drug-likeness (QED) is 0.881. The lowest BCUT2D eigenvalue weighted by Crippen LogP contribution is -2.13. The summed E-state index contributed by atoms with van der Waals surface area (Å²) in [4.78, 5) is 12.6. The lowest BCUT2D eigenvalue weighted by Gasteiger charge is -2.13. The molecule has 3 N–H and O–H groups in total. The number of hydrogen-bond donors (Lipinski definition) is 2. The fourth-order valence-corrected chi connectivity index (χ4v) is 2.37. The van der Waals surface area contributed by atoms with Crippen molar-refractivity contribution in [2.24, 2.45) is 0 Å². The molecule has 106 valence electrons. The number of amides is 1. The van der Waals surface area contributed by atoms with E-state index in [1.165, 1.54) is 11.3 Å². The molecule has 1 heterocycles. The van der Waals surface area contributed by atoms with Crippen molar-refractivity contribution in [1.82, 2.24) is 0 Å². The molecule has 2 rings (SSSR count). The van der Waals surface area contributed by atoms with Gasteiger partial charge in [0.25, 0.3) is 5.91 Å². The molecule has 2 aromatic rings. The Balaban J connectivity index is 2.08. The molecule has 20 heavy (non-hydrogen) atoms. The van der Waals surface area contributed by atoms with E-state index in [4.69, 9.17) is 10.5 Å². The number of nitrogen functional groups attached to an aromatic ring is 1. The second kappa shape index (κ2) is 6.43. The summed E-state index contributed by atoms with van der Waals surface area (Å²) in [5, 5.41) is 4.63. The molecular weight excluding hydrogens is 272 g/mol. The van der Waals surface area contributed by atoms with E-state index < -0.39 is 0 Å². The number of ether oxygens (including phenoxy) is 1. The molecule has 0 spiro atoms. The highest BCUT2D eigenvalue weighted by molar-refractivity contribution is 7.12. The molecule has 0 fully saturated rings. The van der Waals surface area contributed by atoms with Gasteiger partial charge < -0.3 is 15.8 Å². The maximum atomic E-state index is 12.1. The van der Waals surface area contributed by atoms with Crippen molar-refractivity contribution in [1.29, 1.82) is 0 Å². The van der Waals surface area contributed by atoms with Gasteiger partial charge in [0.1, 0.15) is 10.6 Å². The summed E-state index contributed by atoms with van der Waals surface area (Å²) in [6, 6.07) is 9.09. The smallest absolute Gasteiger partial charge is 0.267 e. The van der Waals surface area contributed by atoms with E-state index >= 15 is 0 Å². The van der Waals surface area contributed by atoms with Crippen LogP contribution in [-0.4, -0.2) is 12.0 Å². The topological polar surface area (TPSA) is 64.3 Å². The van der Waals surface area contributed by atoms with Crippen LogP contribution in [0.25, 0.3) is 0 Å². The summed E-state index contributed by atoms with van der Waals surface area (Å²) < 4.78 is 5.73. The maximum Gasteiger partial charge on any atom is 0.267 e. The molecule has 0 saturated heterocycles. The van der Waals surface area contributed by atoms with E-state index in [0.717, 1.165) is 12.2 Å². The van der Waals surface area contributed by atoms with Gasteiger partial charge in [-0.3, -0.25) is 4.79 Å². The second-order valence-electron chi connectivity index (χ2n) is 4.52. The molecule has 1 aromatic heterocycles. The zero-order chi connectivity index (χ0) is 14.5. The number of rotatable bonds is 5. The number of thiophene rings is 1. The summed E-state index contributed by atoms with van der Waals surface area (Å²) in [5.41, 5.74) is 6.93. The fourth-order valence-electron chi connectivity index (χ4n) is 1.65. The molecule has 0 aliphatic carbocycles.